The van der Waals surface area contributed by atoms with Gasteiger partial charge in [-0.15, -0.1) is 0 Å². The minimum absolute atomic E-state index is 0.213. The second-order valence-corrected chi connectivity index (χ2v) is 4.95. The number of nitrogens with one attached hydrogen (secondary N) is 1. The van der Waals surface area contributed by atoms with Crippen LogP contribution in [0.4, 0.5) is 5.69 Å². The van der Waals surface area contributed by atoms with Gasteiger partial charge in [-0.1, -0.05) is 26.7 Å². The van der Waals surface area contributed by atoms with Crippen molar-refractivity contribution < 1.29 is 14.3 Å². The van der Waals surface area contributed by atoms with E-state index in [4.69, 9.17) is 10.5 Å². The Morgan fingerprint density at radius 1 is 1.19 bits per heavy atom. The molecule has 1 amide bonds. The second-order valence-electron chi connectivity index (χ2n) is 4.95. The number of ether oxygens (including phenoxy) is 1. The number of carbonyl (C=O) groups excluding carboxylic acids is 2. The zero-order chi connectivity index (χ0) is 15.7. The lowest BCUT2D eigenvalue weighted by Crippen LogP contribution is -2.35. The lowest BCUT2D eigenvalue weighted by molar-refractivity contribution is -0.117. The van der Waals surface area contributed by atoms with Crippen molar-refractivity contribution in [3.8, 4) is 0 Å². The first-order valence-corrected chi connectivity index (χ1v) is 7.42. The lowest BCUT2D eigenvalue weighted by atomic mass is 10.1. The molecule has 0 aliphatic carbocycles. The number of esters is 1. The Bertz CT molecular complexity index is 457. The normalized spacial score (nSPS) is 11.8. The molecule has 0 aromatic heterocycles. The van der Waals surface area contributed by atoms with Gasteiger partial charge in [0.05, 0.1) is 18.2 Å². The van der Waals surface area contributed by atoms with Crippen LogP contribution in [0.3, 0.4) is 0 Å². The molecule has 0 fully saturated rings. The van der Waals surface area contributed by atoms with E-state index in [1.54, 1.807) is 24.3 Å². The predicted molar refractivity (Wildman–Crippen MR) is 83.1 cm³/mol. The van der Waals surface area contributed by atoms with Crippen molar-refractivity contribution in [2.24, 2.45) is 5.73 Å². The molecule has 0 aliphatic heterocycles. The maximum Gasteiger partial charge on any atom is 0.338 e. The van der Waals surface area contributed by atoms with Crippen LogP contribution in [0, 0.1) is 0 Å². The van der Waals surface area contributed by atoms with Crippen LogP contribution in [-0.4, -0.2) is 24.5 Å². The number of rotatable bonds is 8. The summed E-state index contributed by atoms with van der Waals surface area (Å²) in [7, 11) is 0. The summed E-state index contributed by atoms with van der Waals surface area (Å²) >= 11 is 0. The molecule has 0 aliphatic rings. The molecule has 5 nitrogen and oxygen atoms in total. The third kappa shape index (κ3) is 5.95. The number of amides is 1. The minimum atomic E-state index is -0.506. The van der Waals surface area contributed by atoms with Gasteiger partial charge in [0.15, 0.2) is 0 Å². The summed E-state index contributed by atoms with van der Waals surface area (Å²) in [6, 6.07) is 6.11. The third-order valence-corrected chi connectivity index (χ3v) is 3.06. The number of nitrogens with two attached hydrogens (primary N) is 1. The average Bonchev–Trinajstić information content (AvgIpc) is 2.48. The number of hydrogen-bond acceptors (Lipinski definition) is 4. The van der Waals surface area contributed by atoms with Crippen LogP contribution in [0.5, 0.6) is 0 Å². The molecule has 0 unspecified atom stereocenters. The van der Waals surface area contributed by atoms with Gasteiger partial charge in [-0.2, -0.15) is 0 Å². The van der Waals surface area contributed by atoms with Crippen molar-refractivity contribution in [1.29, 1.82) is 0 Å². The molecule has 0 bridgehead atoms. The second kappa shape index (κ2) is 9.13. The summed E-state index contributed by atoms with van der Waals surface area (Å²) in [6.07, 6.45) is 3.34. The van der Waals surface area contributed by atoms with Gasteiger partial charge in [-0.25, -0.2) is 4.79 Å². The van der Waals surface area contributed by atoms with E-state index in [9.17, 15) is 9.59 Å². The largest absolute Gasteiger partial charge is 0.462 e. The van der Waals surface area contributed by atoms with E-state index in [-0.39, 0.29) is 11.9 Å². The molecule has 0 spiro atoms. The van der Waals surface area contributed by atoms with E-state index < -0.39 is 6.04 Å². The fraction of sp³-hybridized carbons (Fsp3) is 0.500. The summed E-state index contributed by atoms with van der Waals surface area (Å²) in [6.45, 7) is 4.44. The van der Waals surface area contributed by atoms with Gasteiger partial charge in [-0.3, -0.25) is 4.79 Å². The fourth-order valence-electron chi connectivity index (χ4n) is 1.76. The molecule has 0 saturated heterocycles. The SMILES string of the molecule is CCCCOC(=O)c1ccc(NC(=O)[C@H](N)CCC)cc1. The van der Waals surface area contributed by atoms with Crippen molar-refractivity contribution in [2.75, 3.05) is 11.9 Å². The number of unbranched alkanes of at least 4 members (excludes halogenated alkanes) is 1. The molecular formula is C16H24N2O3. The topological polar surface area (TPSA) is 81.4 Å². The Morgan fingerprint density at radius 2 is 1.86 bits per heavy atom. The van der Waals surface area contributed by atoms with Crippen LogP contribution >= 0.6 is 0 Å². The van der Waals surface area contributed by atoms with Crippen LogP contribution in [-0.2, 0) is 9.53 Å². The van der Waals surface area contributed by atoms with Crippen LogP contribution in [0.1, 0.15) is 49.9 Å². The van der Waals surface area contributed by atoms with Crippen molar-refractivity contribution >= 4 is 17.6 Å². The smallest absolute Gasteiger partial charge is 0.338 e. The number of anilines is 1. The molecule has 21 heavy (non-hydrogen) atoms. The lowest BCUT2D eigenvalue weighted by Gasteiger charge is -2.11. The molecule has 1 rings (SSSR count). The summed E-state index contributed by atoms with van der Waals surface area (Å²) < 4.78 is 5.11. The predicted octanol–water partition coefficient (Wildman–Crippen LogP) is 2.71. The molecule has 1 aromatic rings. The van der Waals surface area contributed by atoms with Crippen molar-refractivity contribution in [2.45, 2.75) is 45.6 Å². The van der Waals surface area contributed by atoms with Crippen molar-refractivity contribution in [3.63, 3.8) is 0 Å². The highest BCUT2D eigenvalue weighted by Gasteiger charge is 2.13. The van der Waals surface area contributed by atoms with E-state index in [1.165, 1.54) is 0 Å². The average molecular weight is 292 g/mol. The first-order chi connectivity index (χ1) is 10.1. The van der Waals surface area contributed by atoms with Crippen LogP contribution in [0.25, 0.3) is 0 Å². The fourth-order valence-corrected chi connectivity index (χ4v) is 1.76. The maximum atomic E-state index is 11.8. The van der Waals surface area contributed by atoms with Gasteiger partial charge in [0.2, 0.25) is 5.91 Å². The maximum absolute atomic E-state index is 11.8. The van der Waals surface area contributed by atoms with E-state index in [0.717, 1.165) is 19.3 Å². The molecule has 0 heterocycles. The van der Waals surface area contributed by atoms with E-state index in [1.807, 2.05) is 13.8 Å². The quantitative estimate of drug-likeness (QED) is 0.570. The molecule has 0 saturated carbocycles. The van der Waals surface area contributed by atoms with Gasteiger partial charge in [0, 0.05) is 5.69 Å². The van der Waals surface area contributed by atoms with Gasteiger partial charge in [-0.05, 0) is 37.1 Å². The summed E-state index contributed by atoms with van der Waals surface area (Å²) in [5.74, 6) is -0.556. The first-order valence-electron chi connectivity index (χ1n) is 7.42. The molecular weight excluding hydrogens is 268 g/mol. The summed E-state index contributed by atoms with van der Waals surface area (Å²) in [5.41, 5.74) is 6.83. The molecule has 0 radical (unpaired) electrons. The number of hydrogen-bond donors (Lipinski definition) is 2. The monoisotopic (exact) mass is 292 g/mol. The Hall–Kier alpha value is -1.88. The van der Waals surface area contributed by atoms with Crippen molar-refractivity contribution in [3.05, 3.63) is 29.8 Å². The Morgan fingerprint density at radius 3 is 2.43 bits per heavy atom. The van der Waals surface area contributed by atoms with Gasteiger partial charge < -0.3 is 15.8 Å². The first kappa shape index (κ1) is 17.2. The van der Waals surface area contributed by atoms with Gasteiger partial charge >= 0.3 is 5.97 Å². The van der Waals surface area contributed by atoms with E-state index in [2.05, 4.69) is 5.32 Å². The van der Waals surface area contributed by atoms with Gasteiger partial charge in [0.1, 0.15) is 0 Å². The van der Waals surface area contributed by atoms with E-state index in [0.29, 0.717) is 24.3 Å². The van der Waals surface area contributed by atoms with Crippen LogP contribution in [0.15, 0.2) is 24.3 Å². The molecule has 116 valence electrons. The highest BCUT2D eigenvalue weighted by molar-refractivity contribution is 5.95. The Kier molecular flexibility index (Phi) is 7.46. The van der Waals surface area contributed by atoms with Crippen LogP contribution < -0.4 is 11.1 Å². The third-order valence-electron chi connectivity index (χ3n) is 3.06. The molecule has 3 N–H and O–H groups in total. The van der Waals surface area contributed by atoms with E-state index >= 15 is 0 Å². The standard InChI is InChI=1S/C16H24N2O3/c1-3-5-11-21-16(20)12-7-9-13(10-8-12)18-15(19)14(17)6-4-2/h7-10,14H,3-6,11,17H2,1-2H3,(H,18,19)/t14-/m1/s1. The zero-order valence-electron chi connectivity index (χ0n) is 12.7. The summed E-state index contributed by atoms with van der Waals surface area (Å²) in [4.78, 5) is 23.5. The molecule has 5 heteroatoms. The molecule has 1 aromatic carbocycles. The highest BCUT2D eigenvalue weighted by atomic mass is 16.5. The Labute approximate surface area is 125 Å². The Balaban J connectivity index is 2.53. The number of carbonyl (C=O) groups is 2. The van der Waals surface area contributed by atoms with Crippen molar-refractivity contribution in [1.82, 2.24) is 0 Å². The zero-order valence-corrected chi connectivity index (χ0v) is 12.7. The van der Waals surface area contributed by atoms with Crippen LogP contribution in [0.2, 0.25) is 0 Å². The highest BCUT2D eigenvalue weighted by Crippen LogP contribution is 2.11. The summed E-state index contributed by atoms with van der Waals surface area (Å²) in [5, 5.41) is 2.73. The van der Waals surface area contributed by atoms with Gasteiger partial charge in [0.25, 0.3) is 0 Å². The number of benzene rings is 1. The minimum Gasteiger partial charge on any atom is -0.462 e. The molecule has 1 atom stereocenters.